The zero-order valence-electron chi connectivity index (χ0n) is 12.6. The van der Waals surface area contributed by atoms with Crippen LogP contribution in [0.1, 0.15) is 25.7 Å². The van der Waals surface area contributed by atoms with Crippen molar-refractivity contribution in [3.05, 3.63) is 29.3 Å². The minimum absolute atomic E-state index is 0.0815. The normalized spacial score (nSPS) is 16.5. The highest BCUT2D eigenvalue weighted by atomic mass is 35.5. The summed E-state index contributed by atoms with van der Waals surface area (Å²) in [4.78, 5) is 11.8. The van der Waals surface area contributed by atoms with E-state index in [-0.39, 0.29) is 24.6 Å². The molecule has 2 rings (SSSR count). The number of carbonyl (C=O) groups is 1. The average molecular weight is 327 g/mol. The minimum Gasteiger partial charge on any atom is -0.492 e. The number of hydrogen-bond donors (Lipinski definition) is 3. The number of aliphatic hydroxyl groups is 1. The van der Waals surface area contributed by atoms with E-state index in [2.05, 4.69) is 10.6 Å². The maximum Gasteiger partial charge on any atom is 0.234 e. The maximum atomic E-state index is 11.8. The van der Waals surface area contributed by atoms with Crippen molar-refractivity contribution in [1.29, 1.82) is 0 Å². The van der Waals surface area contributed by atoms with Gasteiger partial charge in [0, 0.05) is 10.6 Å². The molecule has 0 aliphatic heterocycles. The lowest BCUT2D eigenvalue weighted by molar-refractivity contribution is -0.120. The molecule has 1 aliphatic rings. The highest BCUT2D eigenvalue weighted by molar-refractivity contribution is 6.30. The van der Waals surface area contributed by atoms with Crippen LogP contribution in [0.5, 0.6) is 5.75 Å². The first-order valence-electron chi connectivity index (χ1n) is 7.64. The number of ether oxygens (including phenoxy) is 1. The monoisotopic (exact) mass is 326 g/mol. The predicted molar refractivity (Wildman–Crippen MR) is 86.2 cm³/mol. The van der Waals surface area contributed by atoms with E-state index in [1.807, 2.05) is 12.1 Å². The summed E-state index contributed by atoms with van der Waals surface area (Å²) in [6.45, 7) is 1.12. The van der Waals surface area contributed by atoms with Gasteiger partial charge in [0.15, 0.2) is 0 Å². The highest BCUT2D eigenvalue weighted by Crippen LogP contribution is 2.28. The molecule has 0 radical (unpaired) electrons. The van der Waals surface area contributed by atoms with Gasteiger partial charge in [0.2, 0.25) is 5.91 Å². The first kappa shape index (κ1) is 17.1. The number of amides is 1. The number of nitrogens with one attached hydrogen (secondary N) is 2. The fraction of sp³-hybridized carbons (Fsp3) is 0.562. The van der Waals surface area contributed by atoms with Crippen LogP contribution in [0.4, 0.5) is 0 Å². The van der Waals surface area contributed by atoms with E-state index in [0.717, 1.165) is 25.7 Å². The van der Waals surface area contributed by atoms with Crippen LogP contribution in [0.2, 0.25) is 5.02 Å². The summed E-state index contributed by atoms with van der Waals surface area (Å²) in [5, 5.41) is 16.1. The summed E-state index contributed by atoms with van der Waals surface area (Å²) in [6, 6.07) is 7.15. The Morgan fingerprint density at radius 2 is 2.14 bits per heavy atom. The van der Waals surface area contributed by atoms with Gasteiger partial charge in [-0.05, 0) is 31.0 Å². The SMILES string of the molecule is O=C(CNC1(CO)CCCC1)NCCOc1cccc(Cl)c1. The van der Waals surface area contributed by atoms with Gasteiger partial charge in [-0.2, -0.15) is 0 Å². The Morgan fingerprint density at radius 1 is 1.36 bits per heavy atom. The molecule has 0 unspecified atom stereocenters. The van der Waals surface area contributed by atoms with Gasteiger partial charge in [-0.25, -0.2) is 0 Å². The quantitative estimate of drug-likeness (QED) is 0.636. The molecule has 1 fully saturated rings. The Hall–Kier alpha value is -1.30. The van der Waals surface area contributed by atoms with Crippen LogP contribution >= 0.6 is 11.6 Å². The molecule has 5 nitrogen and oxygen atoms in total. The first-order chi connectivity index (χ1) is 10.6. The third kappa shape index (κ3) is 5.16. The molecule has 122 valence electrons. The molecule has 0 atom stereocenters. The van der Waals surface area contributed by atoms with Crippen molar-refractivity contribution in [2.45, 2.75) is 31.2 Å². The third-order valence-electron chi connectivity index (χ3n) is 3.98. The Balaban J connectivity index is 1.61. The zero-order chi connectivity index (χ0) is 15.8. The van der Waals surface area contributed by atoms with Crippen LogP contribution in [-0.2, 0) is 4.79 Å². The third-order valence-corrected chi connectivity index (χ3v) is 4.21. The lowest BCUT2D eigenvalue weighted by Gasteiger charge is -2.27. The number of rotatable bonds is 8. The Bertz CT molecular complexity index is 490. The number of aliphatic hydroxyl groups excluding tert-OH is 1. The second-order valence-corrected chi connectivity index (χ2v) is 6.09. The van der Waals surface area contributed by atoms with Gasteiger partial charge in [-0.1, -0.05) is 30.5 Å². The van der Waals surface area contributed by atoms with E-state index < -0.39 is 0 Å². The fourth-order valence-electron chi connectivity index (χ4n) is 2.69. The summed E-state index contributed by atoms with van der Waals surface area (Å²) in [5.41, 5.74) is -0.269. The molecule has 22 heavy (non-hydrogen) atoms. The zero-order valence-corrected chi connectivity index (χ0v) is 13.4. The van der Waals surface area contributed by atoms with E-state index in [1.54, 1.807) is 12.1 Å². The summed E-state index contributed by atoms with van der Waals surface area (Å²) < 4.78 is 5.50. The van der Waals surface area contributed by atoms with E-state index in [0.29, 0.717) is 23.9 Å². The van der Waals surface area contributed by atoms with E-state index >= 15 is 0 Å². The Morgan fingerprint density at radius 3 is 2.82 bits per heavy atom. The van der Waals surface area contributed by atoms with E-state index in [1.165, 1.54) is 0 Å². The van der Waals surface area contributed by atoms with Gasteiger partial charge < -0.3 is 20.5 Å². The second kappa shape index (κ2) is 8.36. The summed E-state index contributed by atoms with van der Waals surface area (Å²) in [5.74, 6) is 0.597. The molecule has 0 bridgehead atoms. The highest BCUT2D eigenvalue weighted by Gasteiger charge is 2.32. The van der Waals surface area contributed by atoms with Crippen LogP contribution in [0.3, 0.4) is 0 Å². The van der Waals surface area contributed by atoms with Crippen LogP contribution in [0, 0.1) is 0 Å². The number of halogens is 1. The molecule has 1 aliphatic carbocycles. The van der Waals surface area contributed by atoms with Crippen molar-refractivity contribution in [2.24, 2.45) is 0 Å². The van der Waals surface area contributed by atoms with Crippen molar-refractivity contribution in [3.63, 3.8) is 0 Å². The molecule has 0 heterocycles. The number of carbonyl (C=O) groups excluding carboxylic acids is 1. The average Bonchev–Trinajstić information content (AvgIpc) is 2.99. The summed E-state index contributed by atoms with van der Waals surface area (Å²) in [6.07, 6.45) is 4.05. The molecule has 6 heteroatoms. The molecular formula is C16H23ClN2O3. The largest absolute Gasteiger partial charge is 0.492 e. The van der Waals surface area contributed by atoms with Crippen molar-refractivity contribution in [1.82, 2.24) is 10.6 Å². The molecule has 3 N–H and O–H groups in total. The van der Waals surface area contributed by atoms with Crippen molar-refractivity contribution < 1.29 is 14.6 Å². The maximum absolute atomic E-state index is 11.8. The molecule has 1 saturated carbocycles. The molecule has 1 amide bonds. The molecule has 0 aromatic heterocycles. The standard InChI is InChI=1S/C16H23ClN2O3/c17-13-4-3-5-14(10-13)22-9-8-18-15(21)11-19-16(12-20)6-1-2-7-16/h3-5,10,19-20H,1-2,6-9,11-12H2,(H,18,21). The van der Waals surface area contributed by atoms with E-state index in [4.69, 9.17) is 16.3 Å². The van der Waals surface area contributed by atoms with Gasteiger partial charge in [-0.15, -0.1) is 0 Å². The first-order valence-corrected chi connectivity index (χ1v) is 8.02. The molecular weight excluding hydrogens is 304 g/mol. The van der Waals surface area contributed by atoms with Gasteiger partial charge >= 0.3 is 0 Å². The fourth-order valence-corrected chi connectivity index (χ4v) is 2.87. The molecule has 1 aromatic rings. The van der Waals surface area contributed by atoms with Gasteiger partial charge in [-0.3, -0.25) is 4.79 Å². The van der Waals surface area contributed by atoms with Gasteiger partial charge in [0.1, 0.15) is 12.4 Å². The topological polar surface area (TPSA) is 70.6 Å². The second-order valence-electron chi connectivity index (χ2n) is 5.65. The van der Waals surface area contributed by atoms with Crippen molar-refractivity contribution in [2.75, 3.05) is 26.3 Å². The van der Waals surface area contributed by atoms with Gasteiger partial charge in [0.05, 0.1) is 19.7 Å². The van der Waals surface area contributed by atoms with Crippen LogP contribution in [0.15, 0.2) is 24.3 Å². The predicted octanol–water partition coefficient (Wildman–Crippen LogP) is 1.73. The number of hydrogen-bond acceptors (Lipinski definition) is 4. The Labute approximate surface area is 136 Å². The van der Waals surface area contributed by atoms with E-state index in [9.17, 15) is 9.90 Å². The summed E-state index contributed by atoms with van der Waals surface area (Å²) >= 11 is 5.86. The van der Waals surface area contributed by atoms with Crippen LogP contribution < -0.4 is 15.4 Å². The molecule has 1 aromatic carbocycles. The lowest BCUT2D eigenvalue weighted by Crippen LogP contribution is -2.50. The molecule has 0 saturated heterocycles. The van der Waals surface area contributed by atoms with Crippen molar-refractivity contribution in [3.8, 4) is 5.75 Å². The van der Waals surface area contributed by atoms with Gasteiger partial charge in [0.25, 0.3) is 0 Å². The lowest BCUT2D eigenvalue weighted by atomic mass is 9.99. The smallest absolute Gasteiger partial charge is 0.234 e. The summed E-state index contributed by atoms with van der Waals surface area (Å²) in [7, 11) is 0. The Kier molecular flexibility index (Phi) is 6.49. The minimum atomic E-state index is -0.269. The number of benzene rings is 1. The molecule has 0 spiro atoms. The van der Waals surface area contributed by atoms with Crippen molar-refractivity contribution >= 4 is 17.5 Å². The van der Waals surface area contributed by atoms with Crippen LogP contribution in [0.25, 0.3) is 0 Å². The van der Waals surface area contributed by atoms with Crippen LogP contribution in [-0.4, -0.2) is 42.9 Å².